The highest BCUT2D eigenvalue weighted by atomic mass is 32.2. The van der Waals surface area contributed by atoms with Crippen LogP contribution in [-0.4, -0.2) is 22.8 Å². The molecule has 3 rings (SSSR count). The fourth-order valence-electron chi connectivity index (χ4n) is 2.77. The van der Waals surface area contributed by atoms with Crippen LogP contribution in [0.2, 0.25) is 0 Å². The van der Waals surface area contributed by atoms with Crippen LogP contribution in [0.3, 0.4) is 0 Å². The molecule has 0 fully saturated rings. The molecule has 3 aromatic carbocycles. The molecule has 0 aliphatic rings. The number of nitro groups is 1. The zero-order valence-electron chi connectivity index (χ0n) is 17.6. The summed E-state index contributed by atoms with van der Waals surface area (Å²) in [4.78, 5) is 22.2. The lowest BCUT2D eigenvalue weighted by molar-refractivity contribution is -0.384. The molecule has 0 unspecified atom stereocenters. The lowest BCUT2D eigenvalue weighted by Gasteiger charge is -2.06. The minimum Gasteiger partial charge on any atom is -0.489 e. The molecule has 1 amide bonds. The van der Waals surface area contributed by atoms with Crippen molar-refractivity contribution in [2.45, 2.75) is 19.3 Å². The summed E-state index contributed by atoms with van der Waals surface area (Å²) in [5.41, 5.74) is 6.69. The van der Waals surface area contributed by atoms with Crippen LogP contribution in [0.4, 0.5) is 5.69 Å². The van der Waals surface area contributed by atoms with E-state index >= 15 is 0 Å². The van der Waals surface area contributed by atoms with Crippen molar-refractivity contribution in [2.75, 3.05) is 5.75 Å². The summed E-state index contributed by atoms with van der Waals surface area (Å²) in [7, 11) is 0. The molecule has 164 valence electrons. The Morgan fingerprint density at radius 1 is 1.09 bits per heavy atom. The van der Waals surface area contributed by atoms with Gasteiger partial charge in [0.2, 0.25) is 5.91 Å². The first kappa shape index (κ1) is 23.0. The lowest BCUT2D eigenvalue weighted by atomic mass is 10.1. The summed E-state index contributed by atoms with van der Waals surface area (Å²) in [6.45, 7) is 2.37. The Morgan fingerprint density at radius 2 is 1.81 bits per heavy atom. The van der Waals surface area contributed by atoms with Gasteiger partial charge >= 0.3 is 0 Å². The van der Waals surface area contributed by atoms with E-state index < -0.39 is 4.92 Å². The summed E-state index contributed by atoms with van der Waals surface area (Å²) in [6, 6.07) is 21.6. The number of benzene rings is 3. The molecule has 1 N–H and O–H groups in total. The van der Waals surface area contributed by atoms with Crippen LogP contribution in [0.15, 0.2) is 77.9 Å². The summed E-state index contributed by atoms with van der Waals surface area (Å²) in [5, 5.41) is 14.7. The molecule has 0 aromatic heterocycles. The fourth-order valence-corrected chi connectivity index (χ4v) is 3.66. The minimum atomic E-state index is -0.433. The van der Waals surface area contributed by atoms with E-state index in [-0.39, 0.29) is 11.6 Å². The van der Waals surface area contributed by atoms with Gasteiger partial charge in [-0.05, 0) is 65.6 Å². The van der Waals surface area contributed by atoms with Crippen LogP contribution in [0, 0.1) is 17.0 Å². The Balaban J connectivity index is 1.39. The second kappa shape index (κ2) is 11.7. The Hall–Kier alpha value is -3.65. The first-order chi connectivity index (χ1) is 15.5. The number of hydrazone groups is 1. The SMILES string of the molecule is Cc1ccccc1CSCC(=O)N/N=C/c1ccc(OCc2ccc([N+](=O)[O-])cc2)cc1. The summed E-state index contributed by atoms with van der Waals surface area (Å²) in [6.07, 6.45) is 1.57. The average Bonchev–Trinajstić information content (AvgIpc) is 2.80. The van der Waals surface area contributed by atoms with E-state index in [4.69, 9.17) is 4.74 Å². The zero-order valence-corrected chi connectivity index (χ0v) is 18.4. The molecule has 0 bridgehead atoms. The van der Waals surface area contributed by atoms with E-state index in [1.165, 1.54) is 23.3 Å². The van der Waals surface area contributed by atoms with E-state index in [1.807, 2.05) is 24.3 Å². The summed E-state index contributed by atoms with van der Waals surface area (Å²) >= 11 is 1.55. The van der Waals surface area contributed by atoms with Gasteiger partial charge in [0.05, 0.1) is 16.9 Å². The number of thioether (sulfide) groups is 1. The van der Waals surface area contributed by atoms with Gasteiger partial charge in [-0.3, -0.25) is 14.9 Å². The van der Waals surface area contributed by atoms with Gasteiger partial charge in [-0.15, -0.1) is 11.8 Å². The predicted octanol–water partition coefficient (Wildman–Crippen LogP) is 4.87. The molecule has 0 saturated carbocycles. The van der Waals surface area contributed by atoms with E-state index in [0.29, 0.717) is 18.1 Å². The van der Waals surface area contributed by atoms with Crippen molar-refractivity contribution in [1.82, 2.24) is 5.43 Å². The molecular formula is C24H23N3O4S. The Bertz CT molecular complexity index is 1080. The van der Waals surface area contributed by atoms with Gasteiger partial charge in [0, 0.05) is 17.9 Å². The molecule has 0 aliphatic carbocycles. The largest absolute Gasteiger partial charge is 0.489 e. The van der Waals surface area contributed by atoms with Crippen LogP contribution in [0.1, 0.15) is 22.3 Å². The maximum atomic E-state index is 11.9. The lowest BCUT2D eigenvalue weighted by Crippen LogP contribution is -2.19. The van der Waals surface area contributed by atoms with Gasteiger partial charge in [0.25, 0.3) is 5.69 Å². The molecule has 0 heterocycles. The highest BCUT2D eigenvalue weighted by Crippen LogP contribution is 2.17. The number of hydrogen-bond acceptors (Lipinski definition) is 6. The van der Waals surface area contributed by atoms with Gasteiger partial charge in [-0.25, -0.2) is 5.43 Å². The van der Waals surface area contributed by atoms with Gasteiger partial charge in [0.1, 0.15) is 12.4 Å². The maximum Gasteiger partial charge on any atom is 0.269 e. The molecule has 0 aliphatic heterocycles. The molecule has 3 aromatic rings. The number of nitrogens with zero attached hydrogens (tertiary/aromatic N) is 2. The van der Waals surface area contributed by atoms with Crippen LogP contribution in [-0.2, 0) is 17.2 Å². The molecule has 7 nitrogen and oxygen atoms in total. The Kier molecular flexibility index (Phi) is 8.39. The average molecular weight is 450 g/mol. The smallest absolute Gasteiger partial charge is 0.269 e. The van der Waals surface area contributed by atoms with Crippen LogP contribution < -0.4 is 10.2 Å². The van der Waals surface area contributed by atoms with Crippen molar-refractivity contribution < 1.29 is 14.5 Å². The topological polar surface area (TPSA) is 93.8 Å². The number of ether oxygens (including phenoxy) is 1. The zero-order chi connectivity index (χ0) is 22.8. The fraction of sp³-hybridized carbons (Fsp3) is 0.167. The third kappa shape index (κ3) is 7.24. The third-order valence-corrected chi connectivity index (χ3v) is 5.57. The number of amides is 1. The minimum absolute atomic E-state index is 0.0503. The van der Waals surface area contributed by atoms with E-state index in [1.54, 1.807) is 42.2 Å². The highest BCUT2D eigenvalue weighted by molar-refractivity contribution is 7.99. The van der Waals surface area contributed by atoms with E-state index in [2.05, 4.69) is 29.6 Å². The molecule has 0 atom stereocenters. The number of nitro benzene ring substituents is 1. The predicted molar refractivity (Wildman–Crippen MR) is 127 cm³/mol. The van der Waals surface area contributed by atoms with Crippen molar-refractivity contribution in [3.63, 3.8) is 0 Å². The molecule has 8 heteroatoms. The van der Waals surface area contributed by atoms with Gasteiger partial charge in [0.15, 0.2) is 0 Å². The van der Waals surface area contributed by atoms with Crippen LogP contribution in [0.25, 0.3) is 0 Å². The van der Waals surface area contributed by atoms with Gasteiger partial charge in [-0.1, -0.05) is 24.3 Å². The molecule has 0 spiro atoms. The van der Waals surface area contributed by atoms with E-state index in [0.717, 1.165) is 16.9 Å². The van der Waals surface area contributed by atoms with E-state index in [9.17, 15) is 14.9 Å². The monoisotopic (exact) mass is 449 g/mol. The highest BCUT2D eigenvalue weighted by Gasteiger charge is 2.05. The second-order valence-electron chi connectivity index (χ2n) is 6.99. The van der Waals surface area contributed by atoms with Crippen molar-refractivity contribution in [3.8, 4) is 5.75 Å². The summed E-state index contributed by atoms with van der Waals surface area (Å²) < 4.78 is 5.69. The molecule has 0 saturated heterocycles. The number of nitrogens with one attached hydrogen (secondary N) is 1. The summed E-state index contributed by atoms with van der Waals surface area (Å²) in [5.74, 6) is 1.63. The number of non-ortho nitro benzene ring substituents is 1. The first-order valence-electron chi connectivity index (χ1n) is 9.91. The number of rotatable bonds is 10. The number of hydrogen-bond donors (Lipinski definition) is 1. The van der Waals surface area contributed by atoms with Crippen molar-refractivity contribution in [2.24, 2.45) is 5.10 Å². The quantitative estimate of drug-likeness (QED) is 0.271. The molecular weight excluding hydrogens is 426 g/mol. The van der Waals surface area contributed by atoms with Crippen molar-refractivity contribution in [3.05, 3.63) is 105 Å². The van der Waals surface area contributed by atoms with Crippen molar-refractivity contribution in [1.29, 1.82) is 0 Å². The Labute approximate surface area is 190 Å². The number of carbonyl (C=O) groups is 1. The number of aryl methyl sites for hydroxylation is 1. The maximum absolute atomic E-state index is 11.9. The van der Waals surface area contributed by atoms with Crippen LogP contribution in [0.5, 0.6) is 5.75 Å². The van der Waals surface area contributed by atoms with Crippen LogP contribution >= 0.6 is 11.8 Å². The first-order valence-corrected chi connectivity index (χ1v) is 11.1. The Morgan fingerprint density at radius 3 is 2.50 bits per heavy atom. The third-order valence-electron chi connectivity index (χ3n) is 4.59. The second-order valence-corrected chi connectivity index (χ2v) is 7.98. The number of carbonyl (C=O) groups excluding carboxylic acids is 1. The normalized spacial score (nSPS) is 10.8. The molecule has 0 radical (unpaired) electrons. The van der Waals surface area contributed by atoms with Crippen molar-refractivity contribution >= 4 is 29.6 Å². The van der Waals surface area contributed by atoms with Gasteiger partial charge in [-0.2, -0.15) is 5.10 Å². The molecule has 32 heavy (non-hydrogen) atoms. The van der Waals surface area contributed by atoms with Gasteiger partial charge < -0.3 is 4.74 Å². The standard InChI is InChI=1S/C24H23N3O4S/c1-18-4-2-3-5-21(18)16-32-17-24(28)26-25-14-19-8-12-23(13-9-19)31-15-20-6-10-22(11-7-20)27(29)30/h2-14H,15-17H2,1H3,(H,26,28)/b25-14+.